The van der Waals surface area contributed by atoms with E-state index in [0.29, 0.717) is 51.6 Å². The number of rotatable bonds is 18. The van der Waals surface area contributed by atoms with Crippen LogP contribution in [-0.2, 0) is 42.9 Å². The van der Waals surface area contributed by atoms with Crippen molar-refractivity contribution in [3.63, 3.8) is 0 Å². The summed E-state index contributed by atoms with van der Waals surface area (Å²) in [6, 6.07) is 0.720. The van der Waals surface area contributed by atoms with E-state index in [1.54, 1.807) is 38.0 Å². The van der Waals surface area contributed by atoms with Gasteiger partial charge >= 0.3 is 36.1 Å². The van der Waals surface area contributed by atoms with E-state index in [1.165, 1.54) is 36.4 Å². The van der Waals surface area contributed by atoms with Crippen LogP contribution in [0, 0.1) is 52.1 Å². The van der Waals surface area contributed by atoms with Crippen LogP contribution in [0.25, 0.3) is 21.8 Å². The first kappa shape index (κ1) is 65.8. The van der Waals surface area contributed by atoms with Crippen LogP contribution in [-0.4, -0.2) is 169 Å². The number of Topliss-reactive ketones (excluding diaryl/α,β-unsaturated/α-hetero) is 1. The van der Waals surface area contributed by atoms with E-state index in [-0.39, 0.29) is 125 Å². The lowest BCUT2D eigenvalue weighted by Crippen LogP contribution is -2.56. The average molecular weight is 1330 g/mol. The van der Waals surface area contributed by atoms with E-state index in [2.05, 4.69) is 13.8 Å². The first-order valence-corrected chi connectivity index (χ1v) is 33.1. The number of aromatic nitrogens is 2. The van der Waals surface area contributed by atoms with Crippen molar-refractivity contribution in [2.45, 2.75) is 135 Å². The number of hydrogen-bond donors (Lipinski definition) is 2. The lowest BCUT2D eigenvalue weighted by atomic mass is 9.46. The van der Waals surface area contributed by atoms with Gasteiger partial charge in [-0.2, -0.15) is 0 Å². The average Bonchev–Trinajstić information content (AvgIpc) is 1.20. The van der Waals surface area contributed by atoms with Crippen molar-refractivity contribution < 1.29 is 90.5 Å². The normalized spacial score (nSPS) is 27.5. The Labute approximate surface area is 549 Å². The van der Waals surface area contributed by atoms with Gasteiger partial charge in [-0.15, -0.1) is 0 Å². The molecule has 25 nitrogen and oxygen atoms in total. The number of likely N-dealkylation sites (tertiary alicyclic amines) is 1. The maximum Gasteiger partial charge on any atom is 0.412 e. The summed E-state index contributed by atoms with van der Waals surface area (Å²) in [5, 5.41) is 21.1. The van der Waals surface area contributed by atoms with Crippen LogP contribution < -0.4 is 30.1 Å². The van der Waals surface area contributed by atoms with E-state index in [9.17, 15) is 58.2 Å². The molecule has 3 aliphatic heterocycles. The van der Waals surface area contributed by atoms with Gasteiger partial charge in [-0.05, 0) is 125 Å². The lowest BCUT2D eigenvalue weighted by Gasteiger charge is -2.58. The molecule has 2 aromatic carbocycles. The van der Waals surface area contributed by atoms with Crippen LogP contribution in [0.2, 0.25) is 0 Å². The van der Waals surface area contributed by atoms with Crippen LogP contribution in [0.1, 0.15) is 137 Å². The number of piperidine rings is 1. The van der Waals surface area contributed by atoms with Crippen molar-refractivity contribution in [3.8, 4) is 11.5 Å². The highest BCUT2D eigenvalue weighted by Crippen LogP contribution is 2.66. The number of pyridine rings is 2. The molecule has 6 unspecified atom stereocenters. The zero-order valence-corrected chi connectivity index (χ0v) is 54.1. The number of hydrogen-bond acceptors (Lipinski definition) is 20. The van der Waals surface area contributed by atoms with Gasteiger partial charge < -0.3 is 72.1 Å². The lowest BCUT2D eigenvalue weighted by molar-refractivity contribution is -0.158. The molecule has 27 heteroatoms. The van der Waals surface area contributed by atoms with E-state index < -0.39 is 131 Å². The molecule has 4 aromatic rings. The van der Waals surface area contributed by atoms with Crippen LogP contribution in [0.5, 0.6) is 11.5 Å². The molecule has 2 aromatic heterocycles. The Kier molecular flexibility index (Phi) is 17.5. The Morgan fingerprint density at radius 2 is 1.32 bits per heavy atom. The summed E-state index contributed by atoms with van der Waals surface area (Å²) >= 11 is 0. The smallest absolute Gasteiger partial charge is 0.412 e. The topological polar surface area (TPSA) is 299 Å². The van der Waals surface area contributed by atoms with Gasteiger partial charge in [-0.25, -0.2) is 28.0 Å². The Bertz CT molecular complexity index is 4120. The number of methoxy groups -OCH3 is 2. The molecule has 0 bridgehead atoms. The fourth-order valence-electron chi connectivity index (χ4n) is 17.4. The quantitative estimate of drug-likeness (QED) is 0.0546. The maximum absolute atomic E-state index is 16.8. The Balaban J connectivity index is 0.590. The molecule has 5 heterocycles. The largest absolute Gasteiger partial charge is 0.492 e. The summed E-state index contributed by atoms with van der Waals surface area (Å²) in [7, 11) is 2.67. The number of carbonyl (C=O) groups is 8. The zero-order chi connectivity index (χ0) is 68.0. The second-order valence-electron chi connectivity index (χ2n) is 27.7. The van der Waals surface area contributed by atoms with E-state index in [0.717, 1.165) is 49.8 Å². The van der Waals surface area contributed by atoms with Crippen molar-refractivity contribution in [1.82, 2.24) is 18.9 Å². The van der Waals surface area contributed by atoms with Crippen molar-refractivity contribution in [2.75, 3.05) is 83.5 Å². The number of ether oxygens (including phenoxy) is 7. The number of anilines is 2. The number of aliphatic hydroxyl groups is 1. The molecule has 3 saturated heterocycles. The van der Waals surface area contributed by atoms with E-state index in [4.69, 9.17) is 33.2 Å². The molecule has 5 saturated carbocycles. The number of esters is 3. The fraction of sp³-hybridized carbons (Fsp3) is 0.565. The summed E-state index contributed by atoms with van der Waals surface area (Å²) in [4.78, 5) is 138. The van der Waals surface area contributed by atoms with Gasteiger partial charge in [0.2, 0.25) is 24.4 Å². The number of ketones is 2. The Morgan fingerprint density at radius 3 is 1.98 bits per heavy atom. The molecule has 96 heavy (non-hydrogen) atoms. The summed E-state index contributed by atoms with van der Waals surface area (Å²) < 4.78 is 74.6. The second-order valence-corrected chi connectivity index (χ2v) is 27.7. The fourth-order valence-corrected chi connectivity index (χ4v) is 17.4. The number of allylic oxidation sites excluding steroid dienone is 4. The van der Waals surface area contributed by atoms with Crippen LogP contribution in [0.4, 0.5) is 29.7 Å². The molecule has 6 aliphatic carbocycles. The molecule has 10 atom stereocenters. The minimum atomic E-state index is -1.44. The minimum Gasteiger partial charge on any atom is -0.492 e. The number of aromatic carboxylic acids is 1. The van der Waals surface area contributed by atoms with Gasteiger partial charge in [0.1, 0.15) is 29.1 Å². The molecular weight excluding hydrogens is 1250 g/mol. The van der Waals surface area contributed by atoms with Gasteiger partial charge in [-0.1, -0.05) is 25.5 Å². The minimum absolute atomic E-state index is 0.00972. The molecular formula is C69H78F2N6O19. The molecule has 0 spiro atoms. The van der Waals surface area contributed by atoms with Crippen molar-refractivity contribution in [2.24, 2.45) is 40.4 Å². The number of halogens is 2. The van der Waals surface area contributed by atoms with Gasteiger partial charge in [0.05, 0.1) is 61.0 Å². The van der Waals surface area contributed by atoms with Crippen molar-refractivity contribution >= 4 is 80.8 Å². The Morgan fingerprint density at radius 1 is 0.698 bits per heavy atom. The standard InChI is InChI=1S/C69H78F2N6O19/c1-35-27-72(21-22-74(35)59-49(71)25-42-57(63(59)91-5)76(38-9-10-38)29-44(60(42)83)64(85)86)66(88)95-34-94-65(87)45-30-77(39-11-12-39)56-43(61(45)84)24-48(70)58(62(56)90-4)73-28-36-7-6-20-75(50(36)31-73)67(89)96-33-93-54(82)17-16-53(81)92-32-52(80)47-15-14-46-41-13-8-37-23-40(78)18-19-68(37,2)55(41)51(79)26-69(46,47)3/h18-19,23-25,29-30,35-36,38-39,41,46-47,50-51,55,79H,6-17,20-22,26-28,31-34H2,1-5H3,(H,85,86)/t35?,36?,41?,46?,47-,50?,51+,55?,68+,69+/m1/s1. The number of benzene rings is 2. The van der Waals surface area contributed by atoms with Gasteiger partial charge in [0.15, 0.2) is 34.7 Å². The number of amides is 2. The molecule has 13 rings (SSSR count). The van der Waals surface area contributed by atoms with E-state index >= 15 is 8.78 Å². The number of carboxylic acid groups (broad SMARTS) is 1. The van der Waals surface area contributed by atoms with Gasteiger partial charge in [-0.3, -0.25) is 28.8 Å². The third-order valence-corrected chi connectivity index (χ3v) is 22.2. The maximum atomic E-state index is 16.8. The van der Waals surface area contributed by atoms with Crippen LogP contribution >= 0.6 is 0 Å². The molecule has 8 fully saturated rings. The summed E-state index contributed by atoms with van der Waals surface area (Å²) in [6.07, 6.45) is 12.1. The monoisotopic (exact) mass is 1330 g/mol. The highest BCUT2D eigenvalue weighted by atomic mass is 19.1. The second kappa shape index (κ2) is 25.6. The molecule has 9 aliphatic rings. The highest BCUT2D eigenvalue weighted by Gasteiger charge is 2.63. The van der Waals surface area contributed by atoms with Crippen LogP contribution in [0.3, 0.4) is 0 Å². The van der Waals surface area contributed by atoms with Crippen molar-refractivity contribution in [1.29, 1.82) is 0 Å². The van der Waals surface area contributed by atoms with E-state index in [1.807, 2.05) is 6.08 Å². The predicted molar refractivity (Wildman–Crippen MR) is 338 cm³/mol. The van der Waals surface area contributed by atoms with Crippen molar-refractivity contribution in [3.05, 3.63) is 91.5 Å². The molecule has 512 valence electrons. The summed E-state index contributed by atoms with van der Waals surface area (Å²) in [5.41, 5.74) is -1.97. The number of piperazine rings is 1. The Hall–Kier alpha value is -8.88. The third kappa shape index (κ3) is 11.7. The first-order valence-electron chi connectivity index (χ1n) is 33.1. The van der Waals surface area contributed by atoms with Gasteiger partial charge in [0, 0.05) is 87.0 Å². The first-order chi connectivity index (χ1) is 45.9. The number of fused-ring (bicyclic) bond motifs is 8. The highest BCUT2D eigenvalue weighted by molar-refractivity contribution is 6.02. The number of nitrogens with zero attached hydrogens (tertiary/aromatic N) is 6. The SMILES string of the molecule is COc1c(N2CC3CCCN(C(=O)OCOC(=O)CCC(=O)OCC(=O)[C@H]4CCC5C6CCC7=CC(=O)C=C[C@]7(C)C6[C@@H](O)C[C@@]54C)C3C2)c(F)cc2c(=O)c(C(=O)OCOC(=O)N3CCN(c4c(F)cc5c(=O)c(C(=O)O)cn(C6CC6)c5c4OC)C(C)C3)cn(C3CC3)c12. The number of carbonyl (C=O) groups excluding carboxylic acids is 7. The number of aliphatic hydroxyl groups excluding tert-OH is 1. The summed E-state index contributed by atoms with van der Waals surface area (Å²) in [5.74, 6) is -6.37. The molecule has 0 radical (unpaired) electrons. The van der Waals surface area contributed by atoms with Crippen LogP contribution in [0.15, 0.2) is 57.9 Å². The zero-order valence-electron chi connectivity index (χ0n) is 54.1. The van der Waals surface area contributed by atoms with Gasteiger partial charge in [0.25, 0.3) is 0 Å². The summed E-state index contributed by atoms with van der Waals surface area (Å²) in [6.45, 7) is 4.58. The molecule has 2 N–H and O–H groups in total. The molecule has 2 amide bonds. The predicted octanol–water partition coefficient (Wildman–Crippen LogP) is 7.77. The number of carboxylic acids is 1. The third-order valence-electron chi connectivity index (χ3n) is 22.2.